The highest BCUT2D eigenvalue weighted by Gasteiger charge is 2.52. The third kappa shape index (κ3) is 3.75. The van der Waals surface area contributed by atoms with E-state index >= 15 is 0 Å². The van der Waals surface area contributed by atoms with Crippen LogP contribution >= 0.6 is 0 Å². The van der Waals surface area contributed by atoms with E-state index in [-0.39, 0.29) is 0 Å². The van der Waals surface area contributed by atoms with Crippen LogP contribution in [-0.2, 0) is 11.2 Å². The lowest BCUT2D eigenvalue weighted by Gasteiger charge is -2.27. The number of nitrogens with one attached hydrogen (secondary N) is 1. The number of benzene rings is 1. The molecule has 0 radical (unpaired) electrons. The highest BCUT2D eigenvalue weighted by atomic mass is 16.5. The molecule has 4 heteroatoms. The predicted octanol–water partition coefficient (Wildman–Crippen LogP) is 3.29. The Morgan fingerprint density at radius 1 is 1.23 bits per heavy atom. The molecular weight excluding hydrogens is 322 g/mol. The predicted molar refractivity (Wildman–Crippen MR) is 107 cm³/mol. The van der Waals surface area contributed by atoms with E-state index in [1.807, 2.05) is 7.05 Å². The van der Waals surface area contributed by atoms with Gasteiger partial charge in [0.15, 0.2) is 5.96 Å². The van der Waals surface area contributed by atoms with Gasteiger partial charge in [-0.1, -0.05) is 24.3 Å². The van der Waals surface area contributed by atoms with Gasteiger partial charge < -0.3 is 15.0 Å². The highest BCUT2D eigenvalue weighted by molar-refractivity contribution is 5.79. The number of nitrogens with zero attached hydrogens (tertiary/aromatic N) is 2. The molecule has 2 aliphatic carbocycles. The lowest BCUT2D eigenvalue weighted by Crippen LogP contribution is -2.41. The summed E-state index contributed by atoms with van der Waals surface area (Å²) in [6.07, 6.45) is 6.28. The molecule has 3 aliphatic rings. The van der Waals surface area contributed by atoms with Gasteiger partial charge in [0.25, 0.3) is 0 Å². The summed E-state index contributed by atoms with van der Waals surface area (Å²) < 4.78 is 5.47. The zero-order valence-electron chi connectivity index (χ0n) is 16.3. The molecule has 0 aromatic heterocycles. The van der Waals surface area contributed by atoms with Gasteiger partial charge in [0.1, 0.15) is 0 Å². The molecule has 26 heavy (non-hydrogen) atoms. The molecule has 142 valence electrons. The molecule has 1 aromatic rings. The van der Waals surface area contributed by atoms with Crippen LogP contribution in [0.3, 0.4) is 0 Å². The van der Waals surface area contributed by atoms with E-state index in [2.05, 4.69) is 46.5 Å². The number of rotatable bonds is 5. The lowest BCUT2D eigenvalue weighted by molar-refractivity contribution is 0.0625. The Morgan fingerprint density at radius 3 is 2.85 bits per heavy atom. The Labute approximate surface area is 158 Å². The molecule has 4 rings (SSSR count). The van der Waals surface area contributed by atoms with E-state index in [0.717, 1.165) is 55.9 Å². The SMILES string of the molecule is CN=C(NCC1C2CCc3ccccc3C21)N(C)CCC1CCOCC1. The molecule has 3 atom stereocenters. The van der Waals surface area contributed by atoms with Gasteiger partial charge in [-0.2, -0.15) is 0 Å². The van der Waals surface area contributed by atoms with Crippen LogP contribution in [0, 0.1) is 17.8 Å². The van der Waals surface area contributed by atoms with Crippen molar-refractivity contribution in [3.63, 3.8) is 0 Å². The van der Waals surface area contributed by atoms with Crippen LogP contribution in [-0.4, -0.2) is 51.3 Å². The molecule has 1 saturated carbocycles. The van der Waals surface area contributed by atoms with Gasteiger partial charge in [0.2, 0.25) is 0 Å². The monoisotopic (exact) mass is 355 g/mol. The van der Waals surface area contributed by atoms with Gasteiger partial charge in [-0.25, -0.2) is 0 Å². The lowest BCUT2D eigenvalue weighted by atomic mass is 9.92. The molecule has 3 unspecified atom stereocenters. The van der Waals surface area contributed by atoms with Gasteiger partial charge in [0, 0.05) is 40.4 Å². The highest BCUT2D eigenvalue weighted by Crippen LogP contribution is 2.59. The Morgan fingerprint density at radius 2 is 2.04 bits per heavy atom. The minimum absolute atomic E-state index is 0.776. The van der Waals surface area contributed by atoms with E-state index in [9.17, 15) is 0 Å². The molecule has 1 heterocycles. The van der Waals surface area contributed by atoms with Gasteiger partial charge in [0.05, 0.1) is 0 Å². The maximum atomic E-state index is 5.47. The number of ether oxygens (including phenoxy) is 1. The summed E-state index contributed by atoms with van der Waals surface area (Å²) in [5, 5.41) is 3.66. The molecule has 2 fully saturated rings. The molecule has 4 nitrogen and oxygen atoms in total. The molecule has 1 aromatic carbocycles. The summed E-state index contributed by atoms with van der Waals surface area (Å²) in [4.78, 5) is 6.82. The second-order valence-electron chi connectivity index (χ2n) is 8.29. The largest absolute Gasteiger partial charge is 0.381 e. The van der Waals surface area contributed by atoms with Gasteiger partial charge >= 0.3 is 0 Å². The summed E-state index contributed by atoms with van der Waals surface area (Å²) in [6, 6.07) is 9.05. The smallest absolute Gasteiger partial charge is 0.193 e. The fraction of sp³-hybridized carbons (Fsp3) is 0.682. The number of hydrogen-bond donors (Lipinski definition) is 1. The first-order valence-electron chi connectivity index (χ1n) is 10.3. The third-order valence-electron chi connectivity index (χ3n) is 6.78. The van der Waals surface area contributed by atoms with E-state index in [4.69, 9.17) is 4.74 Å². The molecule has 0 amide bonds. The van der Waals surface area contributed by atoms with E-state index in [0.29, 0.717) is 0 Å². The van der Waals surface area contributed by atoms with Gasteiger partial charge in [-0.3, -0.25) is 4.99 Å². The van der Waals surface area contributed by atoms with Crippen LogP contribution in [0.15, 0.2) is 29.3 Å². The molecule has 0 spiro atoms. The van der Waals surface area contributed by atoms with Crippen LogP contribution in [0.2, 0.25) is 0 Å². The number of aryl methyl sites for hydroxylation is 1. The zero-order chi connectivity index (χ0) is 17.9. The van der Waals surface area contributed by atoms with Crippen LogP contribution in [0.5, 0.6) is 0 Å². The van der Waals surface area contributed by atoms with Gasteiger partial charge in [-0.15, -0.1) is 0 Å². The Balaban J connectivity index is 1.26. The average Bonchev–Trinajstić information content (AvgIpc) is 3.41. The normalized spacial score (nSPS) is 28.2. The van der Waals surface area contributed by atoms with Crippen molar-refractivity contribution >= 4 is 5.96 Å². The minimum atomic E-state index is 0.776. The average molecular weight is 356 g/mol. The molecule has 1 aliphatic heterocycles. The van der Waals surface area contributed by atoms with Crippen molar-refractivity contribution in [2.24, 2.45) is 22.7 Å². The van der Waals surface area contributed by atoms with Crippen molar-refractivity contribution in [3.8, 4) is 0 Å². The van der Waals surface area contributed by atoms with Crippen LogP contribution in [0.4, 0.5) is 0 Å². The van der Waals surface area contributed by atoms with E-state index < -0.39 is 0 Å². The maximum Gasteiger partial charge on any atom is 0.193 e. The topological polar surface area (TPSA) is 36.9 Å². The Kier molecular flexibility index (Phi) is 5.49. The van der Waals surface area contributed by atoms with Crippen molar-refractivity contribution in [1.82, 2.24) is 10.2 Å². The number of guanidine groups is 1. The molecule has 1 N–H and O–H groups in total. The summed E-state index contributed by atoms with van der Waals surface area (Å²) >= 11 is 0. The second kappa shape index (κ2) is 7.99. The summed E-state index contributed by atoms with van der Waals surface area (Å²) in [7, 11) is 4.08. The number of fused-ring (bicyclic) bond motifs is 3. The van der Waals surface area contributed by atoms with Crippen LogP contribution in [0.25, 0.3) is 0 Å². The minimum Gasteiger partial charge on any atom is -0.381 e. The maximum absolute atomic E-state index is 5.47. The van der Waals surface area contributed by atoms with Crippen molar-refractivity contribution in [2.45, 2.75) is 38.0 Å². The third-order valence-corrected chi connectivity index (χ3v) is 6.78. The second-order valence-corrected chi connectivity index (χ2v) is 8.29. The van der Waals surface area contributed by atoms with Crippen molar-refractivity contribution in [3.05, 3.63) is 35.4 Å². The Hall–Kier alpha value is -1.55. The fourth-order valence-electron chi connectivity index (χ4n) is 5.10. The summed E-state index contributed by atoms with van der Waals surface area (Å²) in [5.41, 5.74) is 3.19. The first-order valence-corrected chi connectivity index (χ1v) is 10.3. The fourth-order valence-corrected chi connectivity index (χ4v) is 5.10. The van der Waals surface area contributed by atoms with E-state index in [1.54, 1.807) is 11.1 Å². The standard InChI is InChI=1S/C22H33N3O/c1-23-22(25(2)12-9-16-10-13-26-14-11-16)24-15-20-19-8-7-17-5-3-4-6-18(17)21(19)20/h3-6,16,19-21H,7-15H2,1-2H3,(H,23,24). The van der Waals surface area contributed by atoms with E-state index in [1.165, 1.54) is 32.1 Å². The zero-order valence-corrected chi connectivity index (χ0v) is 16.3. The van der Waals surface area contributed by atoms with Crippen molar-refractivity contribution < 1.29 is 4.74 Å². The van der Waals surface area contributed by atoms with Crippen LogP contribution in [0.1, 0.15) is 42.7 Å². The quantitative estimate of drug-likeness (QED) is 0.650. The molecule has 1 saturated heterocycles. The summed E-state index contributed by atoms with van der Waals surface area (Å²) in [6.45, 7) is 4.00. The first-order chi connectivity index (χ1) is 12.8. The van der Waals surface area contributed by atoms with Crippen LogP contribution < -0.4 is 5.32 Å². The van der Waals surface area contributed by atoms with Gasteiger partial charge in [-0.05, 0) is 66.9 Å². The first kappa shape index (κ1) is 17.8. The van der Waals surface area contributed by atoms with Crippen molar-refractivity contribution in [1.29, 1.82) is 0 Å². The number of aliphatic imine (C=N–C) groups is 1. The Bertz CT molecular complexity index is 638. The molecular formula is C22H33N3O. The van der Waals surface area contributed by atoms with Crippen molar-refractivity contribution in [2.75, 3.05) is 40.4 Å². The summed E-state index contributed by atoms with van der Waals surface area (Å²) in [5.74, 6) is 4.29. The number of hydrogen-bond acceptors (Lipinski definition) is 2. The molecule has 0 bridgehead atoms.